The van der Waals surface area contributed by atoms with Gasteiger partial charge in [-0.3, -0.25) is 4.98 Å². The van der Waals surface area contributed by atoms with Gasteiger partial charge in [-0.1, -0.05) is 0 Å². The first-order valence-corrected chi connectivity index (χ1v) is 3.92. The molecule has 2 rings (SSSR count). The second-order valence-corrected chi connectivity index (χ2v) is 2.63. The van der Waals surface area contributed by atoms with Gasteiger partial charge in [0.15, 0.2) is 5.82 Å². The third-order valence-corrected chi connectivity index (χ3v) is 1.56. The van der Waals surface area contributed by atoms with E-state index < -0.39 is 0 Å². The molecular formula is C8H8N6. The standard InChI is InChI=1S/C8H8N6/c9-6-3-7(10)14-8(13-6)5-4-11-1-2-12-5/h1-4H,(H4,9,10,13,14). The maximum Gasteiger partial charge on any atom is 0.183 e. The Morgan fingerprint density at radius 2 is 1.71 bits per heavy atom. The summed E-state index contributed by atoms with van der Waals surface area (Å²) in [5, 5.41) is 0. The van der Waals surface area contributed by atoms with E-state index in [4.69, 9.17) is 11.5 Å². The maximum atomic E-state index is 5.52. The molecule has 0 aliphatic rings. The maximum absolute atomic E-state index is 5.52. The zero-order valence-electron chi connectivity index (χ0n) is 7.25. The monoisotopic (exact) mass is 188 g/mol. The molecule has 0 spiro atoms. The van der Waals surface area contributed by atoms with Gasteiger partial charge in [0.2, 0.25) is 0 Å². The Kier molecular flexibility index (Phi) is 1.94. The van der Waals surface area contributed by atoms with E-state index in [1.165, 1.54) is 6.07 Å². The molecule has 0 atom stereocenters. The predicted molar refractivity (Wildman–Crippen MR) is 51.9 cm³/mol. The molecule has 0 aliphatic carbocycles. The number of rotatable bonds is 1. The van der Waals surface area contributed by atoms with Crippen LogP contribution in [-0.2, 0) is 0 Å². The first-order chi connectivity index (χ1) is 6.75. The predicted octanol–water partition coefficient (Wildman–Crippen LogP) is 0.0980. The summed E-state index contributed by atoms with van der Waals surface area (Å²) in [6.45, 7) is 0. The van der Waals surface area contributed by atoms with Gasteiger partial charge in [0, 0.05) is 18.5 Å². The van der Waals surface area contributed by atoms with Crippen LogP contribution in [0.3, 0.4) is 0 Å². The lowest BCUT2D eigenvalue weighted by Crippen LogP contribution is -2.00. The van der Waals surface area contributed by atoms with E-state index in [2.05, 4.69) is 19.9 Å². The van der Waals surface area contributed by atoms with Crippen molar-refractivity contribution in [2.45, 2.75) is 0 Å². The molecule has 6 heteroatoms. The molecule has 0 fully saturated rings. The third-order valence-electron chi connectivity index (χ3n) is 1.56. The fraction of sp³-hybridized carbons (Fsp3) is 0. The van der Waals surface area contributed by atoms with Crippen molar-refractivity contribution in [1.29, 1.82) is 0 Å². The number of nitrogen functional groups attached to an aromatic ring is 2. The van der Waals surface area contributed by atoms with Crippen LogP contribution in [-0.4, -0.2) is 19.9 Å². The highest BCUT2D eigenvalue weighted by molar-refractivity contribution is 5.54. The van der Waals surface area contributed by atoms with Crippen molar-refractivity contribution in [3.05, 3.63) is 24.7 Å². The Morgan fingerprint density at radius 3 is 2.29 bits per heavy atom. The number of anilines is 2. The van der Waals surface area contributed by atoms with E-state index in [-0.39, 0.29) is 0 Å². The number of nitrogens with two attached hydrogens (primary N) is 2. The van der Waals surface area contributed by atoms with Gasteiger partial charge in [-0.25, -0.2) is 15.0 Å². The molecule has 14 heavy (non-hydrogen) atoms. The largest absolute Gasteiger partial charge is 0.384 e. The topological polar surface area (TPSA) is 104 Å². The van der Waals surface area contributed by atoms with Gasteiger partial charge in [0.05, 0.1) is 6.20 Å². The molecule has 70 valence electrons. The minimum absolute atomic E-state index is 0.318. The van der Waals surface area contributed by atoms with Crippen LogP contribution in [0.25, 0.3) is 11.5 Å². The van der Waals surface area contributed by atoms with Crippen LogP contribution in [0, 0.1) is 0 Å². The van der Waals surface area contributed by atoms with Crippen molar-refractivity contribution in [2.24, 2.45) is 0 Å². The molecule has 0 aliphatic heterocycles. The molecule has 4 N–H and O–H groups in total. The van der Waals surface area contributed by atoms with E-state index in [9.17, 15) is 0 Å². The van der Waals surface area contributed by atoms with Gasteiger partial charge in [-0.05, 0) is 0 Å². The van der Waals surface area contributed by atoms with Crippen molar-refractivity contribution in [1.82, 2.24) is 19.9 Å². The van der Waals surface area contributed by atoms with Crippen molar-refractivity contribution in [2.75, 3.05) is 11.5 Å². The van der Waals surface area contributed by atoms with Gasteiger partial charge in [0.1, 0.15) is 17.3 Å². The summed E-state index contributed by atoms with van der Waals surface area (Å²) in [7, 11) is 0. The van der Waals surface area contributed by atoms with E-state index in [1.807, 2.05) is 0 Å². The van der Waals surface area contributed by atoms with Gasteiger partial charge in [0.25, 0.3) is 0 Å². The molecule has 0 bridgehead atoms. The van der Waals surface area contributed by atoms with Crippen LogP contribution in [0.1, 0.15) is 0 Å². The Hall–Kier alpha value is -2.24. The number of hydrogen-bond donors (Lipinski definition) is 2. The lowest BCUT2D eigenvalue weighted by atomic mass is 10.4. The van der Waals surface area contributed by atoms with Gasteiger partial charge in [-0.2, -0.15) is 0 Å². The van der Waals surface area contributed by atoms with Crippen LogP contribution < -0.4 is 11.5 Å². The van der Waals surface area contributed by atoms with Gasteiger partial charge >= 0.3 is 0 Å². The molecule has 0 radical (unpaired) electrons. The Balaban J connectivity index is 2.52. The van der Waals surface area contributed by atoms with E-state index in [0.717, 1.165) is 0 Å². The summed E-state index contributed by atoms with van der Waals surface area (Å²) in [4.78, 5) is 15.9. The number of aromatic nitrogens is 4. The summed E-state index contributed by atoms with van der Waals surface area (Å²) >= 11 is 0. The van der Waals surface area contributed by atoms with E-state index >= 15 is 0 Å². The summed E-state index contributed by atoms with van der Waals surface area (Å²) in [6, 6.07) is 1.49. The fourth-order valence-electron chi connectivity index (χ4n) is 1.01. The average Bonchev–Trinajstić information content (AvgIpc) is 2.18. The molecule has 0 amide bonds. The van der Waals surface area contributed by atoms with E-state index in [1.54, 1.807) is 18.6 Å². The normalized spacial score (nSPS) is 10.0. The lowest BCUT2D eigenvalue weighted by molar-refractivity contribution is 1.12. The van der Waals surface area contributed by atoms with Crippen LogP contribution in [0.5, 0.6) is 0 Å². The highest BCUT2D eigenvalue weighted by atomic mass is 15.0. The summed E-state index contributed by atoms with van der Waals surface area (Å²) in [5.41, 5.74) is 11.6. The summed E-state index contributed by atoms with van der Waals surface area (Å²) in [5.74, 6) is 1.02. The third kappa shape index (κ3) is 1.58. The zero-order chi connectivity index (χ0) is 9.97. The average molecular weight is 188 g/mol. The second kappa shape index (κ2) is 3.25. The first kappa shape index (κ1) is 8.36. The SMILES string of the molecule is Nc1cc(N)nc(-c2cnccn2)n1. The highest BCUT2D eigenvalue weighted by Gasteiger charge is 2.04. The smallest absolute Gasteiger partial charge is 0.183 e. The van der Waals surface area contributed by atoms with Crippen molar-refractivity contribution >= 4 is 11.6 Å². The molecule has 6 nitrogen and oxygen atoms in total. The Morgan fingerprint density at radius 1 is 1.00 bits per heavy atom. The Labute approximate surface area is 80.0 Å². The number of nitrogens with zero attached hydrogens (tertiary/aromatic N) is 4. The van der Waals surface area contributed by atoms with Crippen LogP contribution in [0.15, 0.2) is 24.7 Å². The van der Waals surface area contributed by atoms with Crippen molar-refractivity contribution in [3.63, 3.8) is 0 Å². The lowest BCUT2D eigenvalue weighted by Gasteiger charge is -2.00. The molecule has 2 heterocycles. The van der Waals surface area contributed by atoms with Crippen molar-refractivity contribution in [3.8, 4) is 11.5 Å². The molecule has 0 unspecified atom stereocenters. The zero-order valence-corrected chi connectivity index (χ0v) is 7.25. The van der Waals surface area contributed by atoms with Crippen LogP contribution in [0.4, 0.5) is 11.6 Å². The minimum Gasteiger partial charge on any atom is -0.384 e. The Bertz CT molecular complexity index is 421. The molecule has 2 aromatic heterocycles. The second-order valence-electron chi connectivity index (χ2n) is 2.63. The van der Waals surface area contributed by atoms with Gasteiger partial charge in [-0.15, -0.1) is 0 Å². The molecule has 0 saturated heterocycles. The summed E-state index contributed by atoms with van der Waals surface area (Å²) in [6.07, 6.45) is 4.67. The fourth-order valence-corrected chi connectivity index (χ4v) is 1.01. The highest BCUT2D eigenvalue weighted by Crippen LogP contribution is 2.13. The molecule has 2 aromatic rings. The quantitative estimate of drug-likeness (QED) is 0.657. The van der Waals surface area contributed by atoms with Gasteiger partial charge < -0.3 is 11.5 Å². The molecular weight excluding hydrogens is 180 g/mol. The first-order valence-electron chi connectivity index (χ1n) is 3.92. The van der Waals surface area contributed by atoms with Crippen LogP contribution in [0.2, 0.25) is 0 Å². The summed E-state index contributed by atoms with van der Waals surface area (Å²) < 4.78 is 0. The van der Waals surface area contributed by atoms with Crippen molar-refractivity contribution < 1.29 is 0 Å². The number of hydrogen-bond acceptors (Lipinski definition) is 6. The molecule has 0 aromatic carbocycles. The van der Waals surface area contributed by atoms with E-state index in [0.29, 0.717) is 23.2 Å². The minimum atomic E-state index is 0.318. The van der Waals surface area contributed by atoms with Crippen LogP contribution >= 0.6 is 0 Å². The molecule has 0 saturated carbocycles.